The van der Waals surface area contributed by atoms with Crippen LogP contribution in [0.1, 0.15) is 11.3 Å². The van der Waals surface area contributed by atoms with Gasteiger partial charge in [0.1, 0.15) is 5.82 Å². The predicted octanol–water partition coefficient (Wildman–Crippen LogP) is 3.67. The lowest BCUT2D eigenvalue weighted by molar-refractivity contribution is -0.115. The molecular weight excluding hydrogens is 383 g/mol. The van der Waals surface area contributed by atoms with Crippen molar-refractivity contribution in [2.45, 2.75) is 13.0 Å². The lowest BCUT2D eigenvalue weighted by Gasteiger charge is -2.27. The fraction of sp³-hybridized carbons (Fsp3) is 0.200. The highest BCUT2D eigenvalue weighted by molar-refractivity contribution is 6.31. The van der Waals surface area contributed by atoms with Gasteiger partial charge in [-0.3, -0.25) is 4.79 Å². The third-order valence-corrected chi connectivity index (χ3v) is 5.01. The number of amides is 3. The summed E-state index contributed by atoms with van der Waals surface area (Å²) >= 11 is 6.09. The predicted molar refractivity (Wildman–Crippen MR) is 106 cm³/mol. The van der Waals surface area contributed by atoms with Crippen LogP contribution >= 0.6 is 11.6 Å². The fourth-order valence-corrected chi connectivity index (χ4v) is 3.58. The lowest BCUT2D eigenvalue weighted by atomic mass is 10.0. The third-order valence-electron chi connectivity index (χ3n) is 4.77. The molecule has 1 aromatic heterocycles. The van der Waals surface area contributed by atoms with Crippen LogP contribution in [0.5, 0.6) is 0 Å². The number of aromatic amines is 1. The van der Waals surface area contributed by atoms with E-state index >= 15 is 0 Å². The Kier molecular flexibility index (Phi) is 4.92. The fourth-order valence-electron chi connectivity index (χ4n) is 3.41. The van der Waals surface area contributed by atoms with Gasteiger partial charge >= 0.3 is 6.03 Å². The zero-order valence-electron chi connectivity index (χ0n) is 14.9. The Hall–Kier alpha value is -3.06. The van der Waals surface area contributed by atoms with Gasteiger partial charge in [-0.2, -0.15) is 0 Å². The van der Waals surface area contributed by atoms with Gasteiger partial charge in [0.2, 0.25) is 5.91 Å². The van der Waals surface area contributed by atoms with Crippen molar-refractivity contribution in [2.75, 3.05) is 18.4 Å². The van der Waals surface area contributed by atoms with E-state index in [1.54, 1.807) is 11.0 Å². The average molecular weight is 401 g/mol. The quantitative estimate of drug-likeness (QED) is 0.627. The van der Waals surface area contributed by atoms with E-state index in [1.807, 2.05) is 18.2 Å². The van der Waals surface area contributed by atoms with Crippen molar-refractivity contribution < 1.29 is 14.0 Å². The number of carbonyl (C=O) groups is 2. The first-order valence-corrected chi connectivity index (χ1v) is 9.25. The van der Waals surface area contributed by atoms with Gasteiger partial charge in [-0.05, 0) is 42.3 Å². The summed E-state index contributed by atoms with van der Waals surface area (Å²) in [5.41, 5.74) is 3.20. The number of hydrogen-bond acceptors (Lipinski definition) is 2. The first-order valence-electron chi connectivity index (χ1n) is 8.87. The summed E-state index contributed by atoms with van der Waals surface area (Å²) < 4.78 is 13.6. The first-order chi connectivity index (χ1) is 13.5. The van der Waals surface area contributed by atoms with Gasteiger partial charge in [-0.1, -0.05) is 23.7 Å². The largest absolute Gasteiger partial charge is 0.357 e. The number of halogens is 2. The number of benzene rings is 2. The number of anilines is 1. The molecule has 0 unspecified atom stereocenters. The topological polar surface area (TPSA) is 77.2 Å². The van der Waals surface area contributed by atoms with Gasteiger partial charge in [0.25, 0.3) is 0 Å². The molecule has 1 aliphatic rings. The second-order valence-electron chi connectivity index (χ2n) is 6.63. The number of urea groups is 1. The smallest absolute Gasteiger partial charge is 0.318 e. The molecule has 2 aromatic carbocycles. The van der Waals surface area contributed by atoms with E-state index in [1.165, 1.54) is 23.8 Å². The molecule has 0 atom stereocenters. The van der Waals surface area contributed by atoms with Crippen LogP contribution in [0.4, 0.5) is 14.9 Å². The zero-order chi connectivity index (χ0) is 19.7. The number of nitrogens with zero attached hydrogens (tertiary/aromatic N) is 1. The number of fused-ring (bicyclic) bond motifs is 3. The molecule has 6 nitrogen and oxygen atoms in total. The van der Waals surface area contributed by atoms with E-state index < -0.39 is 11.7 Å². The van der Waals surface area contributed by atoms with E-state index in [9.17, 15) is 14.0 Å². The molecule has 4 rings (SSSR count). The molecule has 0 bridgehead atoms. The van der Waals surface area contributed by atoms with Crippen molar-refractivity contribution in [1.29, 1.82) is 0 Å². The second kappa shape index (κ2) is 7.52. The van der Waals surface area contributed by atoms with E-state index in [2.05, 4.69) is 15.6 Å². The monoisotopic (exact) mass is 400 g/mol. The van der Waals surface area contributed by atoms with Gasteiger partial charge in [0.15, 0.2) is 0 Å². The summed E-state index contributed by atoms with van der Waals surface area (Å²) in [5.74, 6) is -1.01. The number of rotatable bonds is 3. The van der Waals surface area contributed by atoms with E-state index in [0.717, 1.165) is 16.6 Å². The molecule has 8 heteroatoms. The van der Waals surface area contributed by atoms with Crippen LogP contribution in [0.25, 0.3) is 10.9 Å². The van der Waals surface area contributed by atoms with E-state index in [4.69, 9.17) is 11.6 Å². The Morgan fingerprint density at radius 3 is 2.86 bits per heavy atom. The molecule has 0 aliphatic carbocycles. The molecule has 3 amide bonds. The SMILES string of the molecule is O=C(CNC(=O)N1CCc2c([nH]c3ccc(Cl)cc23)C1)Nc1ccccc1F. The normalized spacial score (nSPS) is 13.3. The van der Waals surface area contributed by atoms with Crippen LogP contribution in [-0.4, -0.2) is 34.9 Å². The maximum Gasteiger partial charge on any atom is 0.318 e. The molecular formula is C20H18ClFN4O2. The molecule has 0 radical (unpaired) electrons. The van der Waals surface area contributed by atoms with E-state index in [0.29, 0.717) is 24.5 Å². The number of para-hydroxylation sites is 1. The maximum absolute atomic E-state index is 13.6. The summed E-state index contributed by atoms with van der Waals surface area (Å²) in [5, 5.41) is 6.78. The van der Waals surface area contributed by atoms with Crippen LogP contribution in [0.2, 0.25) is 5.02 Å². The molecule has 0 saturated heterocycles. The zero-order valence-corrected chi connectivity index (χ0v) is 15.6. The standard InChI is InChI=1S/C20H18ClFN4O2/c21-12-5-6-16-14(9-12)13-7-8-26(11-18(13)24-16)20(28)23-10-19(27)25-17-4-2-1-3-15(17)22/h1-6,9,24H,7-8,10-11H2,(H,23,28)(H,25,27). The summed E-state index contributed by atoms with van der Waals surface area (Å²) in [7, 11) is 0. The Bertz CT molecular complexity index is 1070. The highest BCUT2D eigenvalue weighted by atomic mass is 35.5. The minimum atomic E-state index is -0.523. The van der Waals surface area contributed by atoms with Crippen molar-refractivity contribution in [2.24, 2.45) is 0 Å². The molecule has 0 saturated carbocycles. The van der Waals surface area contributed by atoms with Crippen LogP contribution in [-0.2, 0) is 17.8 Å². The van der Waals surface area contributed by atoms with Gasteiger partial charge in [0.05, 0.1) is 18.8 Å². The average Bonchev–Trinajstić information content (AvgIpc) is 3.05. The first kappa shape index (κ1) is 18.3. The Balaban J connectivity index is 1.37. The number of hydrogen-bond donors (Lipinski definition) is 3. The molecule has 1 aliphatic heterocycles. The molecule has 2 heterocycles. The van der Waals surface area contributed by atoms with Crippen molar-refractivity contribution in [3.8, 4) is 0 Å². The third kappa shape index (κ3) is 3.66. The molecule has 0 fully saturated rings. The van der Waals surface area contributed by atoms with Gasteiger partial charge in [-0.25, -0.2) is 9.18 Å². The Labute approximate surface area is 165 Å². The van der Waals surface area contributed by atoms with Gasteiger partial charge < -0.3 is 20.5 Å². The van der Waals surface area contributed by atoms with Crippen LogP contribution in [0.15, 0.2) is 42.5 Å². The Morgan fingerprint density at radius 2 is 2.04 bits per heavy atom. The number of aromatic nitrogens is 1. The minimum Gasteiger partial charge on any atom is -0.357 e. The number of H-pyrrole nitrogens is 1. The van der Waals surface area contributed by atoms with Crippen molar-refractivity contribution in [1.82, 2.24) is 15.2 Å². The summed E-state index contributed by atoms with van der Waals surface area (Å²) in [6.07, 6.45) is 0.699. The van der Waals surface area contributed by atoms with Gasteiger partial charge in [-0.15, -0.1) is 0 Å². The van der Waals surface area contributed by atoms with Crippen molar-refractivity contribution >= 4 is 40.1 Å². The number of nitrogens with one attached hydrogen (secondary N) is 3. The second-order valence-corrected chi connectivity index (χ2v) is 7.07. The highest BCUT2D eigenvalue weighted by Gasteiger charge is 2.24. The molecule has 144 valence electrons. The maximum atomic E-state index is 13.6. The highest BCUT2D eigenvalue weighted by Crippen LogP contribution is 2.29. The van der Waals surface area contributed by atoms with Crippen LogP contribution in [0.3, 0.4) is 0 Å². The van der Waals surface area contributed by atoms with E-state index in [-0.39, 0.29) is 18.3 Å². The summed E-state index contributed by atoms with van der Waals surface area (Å²) in [6.45, 7) is 0.717. The number of carbonyl (C=O) groups excluding carboxylic acids is 2. The lowest BCUT2D eigenvalue weighted by Crippen LogP contribution is -2.45. The molecule has 0 spiro atoms. The molecule has 28 heavy (non-hydrogen) atoms. The Morgan fingerprint density at radius 1 is 1.21 bits per heavy atom. The summed E-state index contributed by atoms with van der Waals surface area (Å²) in [4.78, 5) is 29.4. The summed E-state index contributed by atoms with van der Waals surface area (Å²) in [6, 6.07) is 11.2. The van der Waals surface area contributed by atoms with Crippen molar-refractivity contribution in [3.63, 3.8) is 0 Å². The van der Waals surface area contributed by atoms with Crippen molar-refractivity contribution in [3.05, 3.63) is 64.6 Å². The molecule has 3 aromatic rings. The van der Waals surface area contributed by atoms with Gasteiger partial charge in [0, 0.05) is 28.2 Å². The minimum absolute atomic E-state index is 0.0844. The van der Waals surface area contributed by atoms with Crippen LogP contribution < -0.4 is 10.6 Å². The molecule has 3 N–H and O–H groups in total. The van der Waals surface area contributed by atoms with Crippen LogP contribution in [0, 0.1) is 5.82 Å².